The Balaban J connectivity index is 1.66. The average Bonchev–Trinajstić information content (AvgIpc) is 3.15. The highest BCUT2D eigenvalue weighted by molar-refractivity contribution is 5.90. The maximum absolute atomic E-state index is 4.56. The third-order valence-electron chi connectivity index (χ3n) is 4.54. The van der Waals surface area contributed by atoms with Gasteiger partial charge in [-0.2, -0.15) is 10.2 Å². The van der Waals surface area contributed by atoms with Gasteiger partial charge < -0.3 is 16.0 Å². The summed E-state index contributed by atoms with van der Waals surface area (Å²) in [6, 6.07) is 6.09. The molecule has 138 valence electrons. The fourth-order valence-electron chi connectivity index (χ4n) is 3.25. The van der Waals surface area contributed by atoms with Gasteiger partial charge in [0, 0.05) is 67.5 Å². The first-order valence-corrected chi connectivity index (χ1v) is 8.82. The summed E-state index contributed by atoms with van der Waals surface area (Å²) < 4.78 is 3.56. The second-order valence-corrected chi connectivity index (χ2v) is 6.70. The van der Waals surface area contributed by atoms with E-state index in [1.807, 2.05) is 50.9 Å². The number of nitrogens with zero attached hydrogens (tertiary/aromatic N) is 4. The Morgan fingerprint density at radius 3 is 2.85 bits per heavy atom. The Bertz CT molecular complexity index is 1020. The number of hydrogen-bond acceptors (Lipinski definition) is 5. The zero-order valence-electron chi connectivity index (χ0n) is 15.6. The maximum atomic E-state index is 4.56. The second-order valence-electron chi connectivity index (χ2n) is 6.70. The van der Waals surface area contributed by atoms with E-state index < -0.39 is 0 Å². The molecule has 0 unspecified atom stereocenters. The number of benzene rings is 1. The highest BCUT2D eigenvalue weighted by Gasteiger charge is 2.17. The van der Waals surface area contributed by atoms with Crippen molar-refractivity contribution < 1.29 is 0 Å². The van der Waals surface area contributed by atoms with Crippen LogP contribution in [0.4, 0.5) is 17.2 Å². The molecule has 0 radical (unpaired) electrons. The minimum Gasteiger partial charge on any atom is -0.382 e. The van der Waals surface area contributed by atoms with Crippen molar-refractivity contribution in [1.82, 2.24) is 19.6 Å². The van der Waals surface area contributed by atoms with Crippen LogP contribution in [-0.4, -0.2) is 26.1 Å². The molecule has 1 aliphatic heterocycles. The van der Waals surface area contributed by atoms with E-state index in [0.717, 1.165) is 58.2 Å². The number of rotatable bonds is 4. The summed E-state index contributed by atoms with van der Waals surface area (Å²) in [5.74, 6) is 0.749. The van der Waals surface area contributed by atoms with Gasteiger partial charge in [0.25, 0.3) is 0 Å². The minimum atomic E-state index is 0.749. The van der Waals surface area contributed by atoms with E-state index in [2.05, 4.69) is 39.3 Å². The topological polar surface area (TPSA) is 71.7 Å². The van der Waals surface area contributed by atoms with Crippen molar-refractivity contribution in [3.05, 3.63) is 61.2 Å². The molecule has 3 N–H and O–H groups in total. The molecule has 0 spiro atoms. The molecule has 0 saturated carbocycles. The summed E-state index contributed by atoms with van der Waals surface area (Å²) in [6.07, 6.45) is 6.65. The van der Waals surface area contributed by atoms with Crippen LogP contribution in [0.25, 0.3) is 16.8 Å². The summed E-state index contributed by atoms with van der Waals surface area (Å²) in [5.41, 5.74) is 6.78. The van der Waals surface area contributed by atoms with Crippen molar-refractivity contribution in [2.75, 3.05) is 22.5 Å². The van der Waals surface area contributed by atoms with E-state index in [1.165, 1.54) is 0 Å². The SMILES string of the molecule is C=C1CCNc2c(cccc2C(=C)Nc2nn(C)cc2-c2cnn(C)c2)N1. The number of para-hydroxylation sites is 1. The van der Waals surface area contributed by atoms with Crippen molar-refractivity contribution in [2.45, 2.75) is 6.42 Å². The normalized spacial score (nSPS) is 13.3. The number of nitrogens with one attached hydrogen (secondary N) is 3. The van der Waals surface area contributed by atoms with Gasteiger partial charge in [0.15, 0.2) is 5.82 Å². The van der Waals surface area contributed by atoms with Crippen molar-refractivity contribution in [3.8, 4) is 11.1 Å². The Kier molecular flexibility index (Phi) is 4.19. The van der Waals surface area contributed by atoms with Crippen LogP contribution in [0.2, 0.25) is 0 Å². The molecule has 0 aliphatic carbocycles. The van der Waals surface area contributed by atoms with Crippen LogP contribution < -0.4 is 16.0 Å². The largest absolute Gasteiger partial charge is 0.382 e. The highest BCUT2D eigenvalue weighted by atomic mass is 15.3. The molecule has 3 aromatic rings. The molecule has 1 aliphatic rings. The van der Waals surface area contributed by atoms with Crippen LogP contribution in [0.1, 0.15) is 12.0 Å². The molecule has 27 heavy (non-hydrogen) atoms. The van der Waals surface area contributed by atoms with Gasteiger partial charge in [0.2, 0.25) is 0 Å². The van der Waals surface area contributed by atoms with Gasteiger partial charge in [0.05, 0.1) is 17.6 Å². The van der Waals surface area contributed by atoms with Crippen LogP contribution in [0, 0.1) is 0 Å². The fraction of sp³-hybridized carbons (Fsp3) is 0.200. The molecule has 3 heterocycles. The molecule has 0 amide bonds. The van der Waals surface area contributed by atoms with Crippen LogP contribution >= 0.6 is 0 Å². The van der Waals surface area contributed by atoms with Crippen molar-refractivity contribution in [2.24, 2.45) is 14.1 Å². The lowest BCUT2D eigenvalue weighted by atomic mass is 10.1. The molecule has 1 aromatic carbocycles. The molecule has 0 atom stereocenters. The zero-order chi connectivity index (χ0) is 19.0. The van der Waals surface area contributed by atoms with Crippen molar-refractivity contribution >= 4 is 22.9 Å². The standard InChI is InChI=1S/C20H23N7/c1-13-8-9-21-19-16(6-5-7-18(19)23-13)14(2)24-20-17(12-27(4)25-20)15-10-22-26(3)11-15/h5-7,10-12,21,23H,1-2,8-9H2,3-4H3,(H,24,25). The molecule has 0 fully saturated rings. The first kappa shape index (κ1) is 17.0. The van der Waals surface area contributed by atoms with E-state index in [4.69, 9.17) is 0 Å². The van der Waals surface area contributed by atoms with Crippen LogP contribution in [0.3, 0.4) is 0 Å². The molecule has 2 aromatic heterocycles. The monoisotopic (exact) mass is 361 g/mol. The number of fused-ring (bicyclic) bond motifs is 1. The predicted molar refractivity (Wildman–Crippen MR) is 110 cm³/mol. The molecule has 0 bridgehead atoms. The van der Waals surface area contributed by atoms with Gasteiger partial charge in [-0.1, -0.05) is 25.3 Å². The van der Waals surface area contributed by atoms with Gasteiger partial charge in [-0.3, -0.25) is 9.36 Å². The van der Waals surface area contributed by atoms with Gasteiger partial charge in [0.1, 0.15) is 0 Å². The molecule has 7 nitrogen and oxygen atoms in total. The Hall–Kier alpha value is -3.48. The number of aromatic nitrogens is 4. The molecular weight excluding hydrogens is 338 g/mol. The van der Waals surface area contributed by atoms with Crippen LogP contribution in [0.15, 0.2) is 55.6 Å². The van der Waals surface area contributed by atoms with Gasteiger partial charge in [-0.25, -0.2) is 0 Å². The zero-order valence-corrected chi connectivity index (χ0v) is 15.6. The highest BCUT2D eigenvalue weighted by Crippen LogP contribution is 2.35. The summed E-state index contributed by atoms with van der Waals surface area (Å²) in [5, 5.41) is 19.1. The smallest absolute Gasteiger partial charge is 0.160 e. The molecular formula is C20H23N7. The van der Waals surface area contributed by atoms with Crippen molar-refractivity contribution in [1.29, 1.82) is 0 Å². The number of anilines is 3. The lowest BCUT2D eigenvalue weighted by Crippen LogP contribution is -2.06. The van der Waals surface area contributed by atoms with E-state index >= 15 is 0 Å². The predicted octanol–water partition coefficient (Wildman–Crippen LogP) is 3.64. The van der Waals surface area contributed by atoms with Crippen molar-refractivity contribution in [3.63, 3.8) is 0 Å². The summed E-state index contributed by atoms with van der Waals surface area (Å²) in [6.45, 7) is 9.14. The summed E-state index contributed by atoms with van der Waals surface area (Å²) in [4.78, 5) is 0. The molecule has 7 heteroatoms. The lowest BCUT2D eigenvalue weighted by molar-refractivity contribution is 0.768. The van der Waals surface area contributed by atoms with E-state index in [-0.39, 0.29) is 0 Å². The Morgan fingerprint density at radius 2 is 2.07 bits per heavy atom. The third kappa shape index (κ3) is 3.31. The second kappa shape index (κ2) is 6.68. The average molecular weight is 361 g/mol. The maximum Gasteiger partial charge on any atom is 0.160 e. The quantitative estimate of drug-likeness (QED) is 0.662. The van der Waals surface area contributed by atoms with Crippen LogP contribution in [0.5, 0.6) is 0 Å². The first-order chi connectivity index (χ1) is 13.0. The third-order valence-corrected chi connectivity index (χ3v) is 4.54. The van der Waals surface area contributed by atoms with Crippen LogP contribution in [-0.2, 0) is 14.1 Å². The lowest BCUT2D eigenvalue weighted by Gasteiger charge is -2.16. The summed E-state index contributed by atoms with van der Waals surface area (Å²) >= 11 is 0. The van der Waals surface area contributed by atoms with Gasteiger partial charge in [-0.15, -0.1) is 0 Å². The van der Waals surface area contributed by atoms with E-state index in [0.29, 0.717) is 0 Å². The van der Waals surface area contributed by atoms with Gasteiger partial charge in [-0.05, 0) is 6.07 Å². The van der Waals surface area contributed by atoms with E-state index in [9.17, 15) is 0 Å². The minimum absolute atomic E-state index is 0.749. The first-order valence-electron chi connectivity index (χ1n) is 8.82. The number of aryl methyl sites for hydroxylation is 2. The van der Waals surface area contributed by atoms with E-state index in [1.54, 1.807) is 9.36 Å². The fourth-order valence-corrected chi connectivity index (χ4v) is 3.25. The Labute approximate surface area is 158 Å². The molecule has 0 saturated heterocycles. The molecule has 4 rings (SSSR count). The van der Waals surface area contributed by atoms with Gasteiger partial charge >= 0.3 is 0 Å². The Morgan fingerprint density at radius 1 is 1.22 bits per heavy atom. The number of hydrogen-bond donors (Lipinski definition) is 3. The summed E-state index contributed by atoms with van der Waals surface area (Å²) in [7, 11) is 3.80.